The second-order valence-electron chi connectivity index (χ2n) is 6.28. The number of ketones is 1. The van der Waals surface area contributed by atoms with E-state index < -0.39 is 11.7 Å². The molecule has 5 nitrogen and oxygen atoms in total. The van der Waals surface area contributed by atoms with Crippen LogP contribution in [0.3, 0.4) is 0 Å². The van der Waals surface area contributed by atoms with Crippen LogP contribution in [0.5, 0.6) is 0 Å². The Morgan fingerprint density at radius 2 is 1.86 bits per heavy atom. The molecule has 0 aliphatic heterocycles. The second-order valence-corrected chi connectivity index (χ2v) is 6.28. The Balaban J connectivity index is 1.70. The van der Waals surface area contributed by atoms with Crippen molar-refractivity contribution in [2.75, 3.05) is 0 Å². The van der Waals surface area contributed by atoms with Gasteiger partial charge < -0.3 is 9.72 Å². The van der Waals surface area contributed by atoms with Crippen molar-refractivity contribution in [1.82, 2.24) is 14.7 Å². The predicted octanol–water partition coefficient (Wildman–Crippen LogP) is 3.64. The number of halogens is 1. The predicted molar refractivity (Wildman–Crippen MR) is 103 cm³/mol. The molecule has 0 radical (unpaired) electrons. The summed E-state index contributed by atoms with van der Waals surface area (Å²) in [5, 5.41) is 2.64. The van der Waals surface area contributed by atoms with Crippen molar-refractivity contribution in [2.24, 2.45) is 0 Å². The first kappa shape index (κ1) is 17.6. The number of Topliss-reactive ketones (excluding diaryl/α,β-unsaturated/α-hetero) is 1. The number of fused-ring (bicyclic) bond motifs is 1. The van der Waals surface area contributed by atoms with Crippen molar-refractivity contribution in [1.29, 1.82) is 0 Å². The number of aromatic nitrogens is 2. The van der Waals surface area contributed by atoms with Gasteiger partial charge in [-0.3, -0.25) is 14.6 Å². The van der Waals surface area contributed by atoms with Gasteiger partial charge in [0.05, 0.1) is 0 Å². The lowest BCUT2D eigenvalue weighted by atomic mass is 10.0. The summed E-state index contributed by atoms with van der Waals surface area (Å²) in [5.41, 5.74) is 3.04. The molecule has 0 unspecified atom stereocenters. The topological polar surface area (TPSA) is 63.5 Å². The zero-order valence-corrected chi connectivity index (χ0v) is 14.8. The van der Waals surface area contributed by atoms with Crippen molar-refractivity contribution >= 4 is 17.2 Å². The number of carbonyl (C=O) groups excluding carboxylic acids is 2. The van der Waals surface area contributed by atoms with Gasteiger partial charge in [-0.2, -0.15) is 0 Å². The van der Waals surface area contributed by atoms with Gasteiger partial charge in [0.1, 0.15) is 11.5 Å². The van der Waals surface area contributed by atoms with Crippen LogP contribution in [0.15, 0.2) is 79.3 Å². The molecule has 0 atom stereocenters. The van der Waals surface area contributed by atoms with Crippen LogP contribution in [0.25, 0.3) is 16.6 Å². The van der Waals surface area contributed by atoms with E-state index in [1.807, 2.05) is 24.3 Å². The van der Waals surface area contributed by atoms with E-state index in [-0.39, 0.29) is 18.1 Å². The lowest BCUT2D eigenvalue weighted by Crippen LogP contribution is -2.31. The van der Waals surface area contributed by atoms with Gasteiger partial charge >= 0.3 is 0 Å². The summed E-state index contributed by atoms with van der Waals surface area (Å²) in [6.07, 6.45) is 4.99. The molecule has 1 aromatic carbocycles. The van der Waals surface area contributed by atoms with Crippen LogP contribution in [-0.2, 0) is 11.3 Å². The molecular formula is C22H16FN3O2. The van der Waals surface area contributed by atoms with E-state index in [1.165, 1.54) is 12.1 Å². The summed E-state index contributed by atoms with van der Waals surface area (Å²) < 4.78 is 15.0. The molecule has 0 saturated heterocycles. The quantitative estimate of drug-likeness (QED) is 0.429. The monoisotopic (exact) mass is 373 g/mol. The maximum absolute atomic E-state index is 13.3. The molecule has 0 saturated carbocycles. The number of nitrogens with zero attached hydrogens (tertiary/aromatic N) is 2. The van der Waals surface area contributed by atoms with Crippen LogP contribution in [-0.4, -0.2) is 21.1 Å². The average Bonchev–Trinajstić information content (AvgIpc) is 3.12. The molecular weight excluding hydrogens is 357 g/mol. The largest absolute Gasteiger partial charge is 0.345 e. The van der Waals surface area contributed by atoms with E-state index in [4.69, 9.17) is 0 Å². The van der Waals surface area contributed by atoms with Gasteiger partial charge in [-0.15, -0.1) is 0 Å². The van der Waals surface area contributed by atoms with Crippen LogP contribution in [0, 0.1) is 5.82 Å². The minimum absolute atomic E-state index is 0.202. The van der Waals surface area contributed by atoms with Crippen LogP contribution < -0.4 is 5.32 Å². The van der Waals surface area contributed by atoms with E-state index in [2.05, 4.69) is 10.3 Å². The number of carbonyl (C=O) groups is 2. The van der Waals surface area contributed by atoms with E-state index in [9.17, 15) is 14.0 Å². The van der Waals surface area contributed by atoms with Crippen molar-refractivity contribution in [3.63, 3.8) is 0 Å². The van der Waals surface area contributed by atoms with Gasteiger partial charge in [-0.1, -0.05) is 24.3 Å². The van der Waals surface area contributed by atoms with Gasteiger partial charge in [0.15, 0.2) is 0 Å². The van der Waals surface area contributed by atoms with Crippen molar-refractivity contribution in [3.05, 3.63) is 96.3 Å². The first-order chi connectivity index (χ1) is 13.6. The highest BCUT2D eigenvalue weighted by Gasteiger charge is 2.24. The fourth-order valence-corrected chi connectivity index (χ4v) is 3.08. The Hall–Kier alpha value is -3.80. The highest BCUT2D eigenvalue weighted by atomic mass is 19.1. The molecule has 138 valence electrons. The van der Waals surface area contributed by atoms with Crippen LogP contribution in [0.1, 0.15) is 16.1 Å². The number of rotatable bonds is 5. The molecule has 0 aliphatic carbocycles. The SMILES string of the molecule is O=C(NCc1cccnc1)C(=O)c1c(-c2ccc(F)cc2)cc2ccccn12. The van der Waals surface area contributed by atoms with Gasteiger partial charge in [0.25, 0.3) is 11.7 Å². The second kappa shape index (κ2) is 7.44. The number of benzene rings is 1. The summed E-state index contributed by atoms with van der Waals surface area (Å²) in [6.45, 7) is 0.202. The number of amides is 1. The summed E-state index contributed by atoms with van der Waals surface area (Å²) in [7, 11) is 0. The van der Waals surface area contributed by atoms with E-state index >= 15 is 0 Å². The fourth-order valence-electron chi connectivity index (χ4n) is 3.08. The Kier molecular flexibility index (Phi) is 4.68. The van der Waals surface area contributed by atoms with E-state index in [0.29, 0.717) is 11.1 Å². The normalized spacial score (nSPS) is 10.8. The lowest BCUT2D eigenvalue weighted by molar-refractivity contribution is -0.117. The molecule has 0 aliphatic rings. The maximum Gasteiger partial charge on any atom is 0.294 e. The molecule has 3 heterocycles. The number of nitrogens with one attached hydrogen (secondary N) is 1. The zero-order valence-electron chi connectivity index (χ0n) is 14.8. The highest BCUT2D eigenvalue weighted by molar-refractivity contribution is 6.43. The minimum atomic E-state index is -0.712. The lowest BCUT2D eigenvalue weighted by Gasteiger charge is -2.08. The molecule has 0 fully saturated rings. The van der Waals surface area contributed by atoms with E-state index in [0.717, 1.165) is 11.1 Å². The van der Waals surface area contributed by atoms with E-state index in [1.54, 1.807) is 47.3 Å². The third-order valence-electron chi connectivity index (χ3n) is 4.43. The van der Waals surface area contributed by atoms with Gasteiger partial charge in [0, 0.05) is 36.2 Å². The first-order valence-corrected chi connectivity index (χ1v) is 8.71. The summed E-state index contributed by atoms with van der Waals surface area (Å²) in [6, 6.07) is 16.7. The molecule has 6 heteroatoms. The molecule has 0 spiro atoms. The Bertz CT molecular complexity index is 1150. The molecule has 4 rings (SSSR count). The molecule has 3 aromatic heterocycles. The molecule has 1 amide bonds. The van der Waals surface area contributed by atoms with Crippen LogP contribution in [0.4, 0.5) is 4.39 Å². The standard InChI is InChI=1S/C22H16FN3O2/c23-17-8-6-16(7-9-17)19-12-18-5-1-2-11-26(18)20(19)21(27)22(28)25-14-15-4-3-10-24-13-15/h1-13H,14H2,(H,25,28). The highest BCUT2D eigenvalue weighted by Crippen LogP contribution is 2.28. The molecule has 0 bridgehead atoms. The Morgan fingerprint density at radius 3 is 2.61 bits per heavy atom. The number of hydrogen-bond donors (Lipinski definition) is 1. The van der Waals surface area contributed by atoms with Gasteiger partial charge in [0.2, 0.25) is 0 Å². The first-order valence-electron chi connectivity index (χ1n) is 8.71. The number of hydrogen-bond acceptors (Lipinski definition) is 3. The third kappa shape index (κ3) is 3.40. The van der Waals surface area contributed by atoms with Crippen molar-refractivity contribution < 1.29 is 14.0 Å². The molecule has 1 N–H and O–H groups in total. The van der Waals surface area contributed by atoms with Crippen molar-refractivity contribution in [2.45, 2.75) is 6.54 Å². The summed E-state index contributed by atoms with van der Waals surface area (Å²) in [4.78, 5) is 29.5. The van der Waals surface area contributed by atoms with Crippen LogP contribution >= 0.6 is 0 Å². The molecule has 4 aromatic rings. The third-order valence-corrected chi connectivity index (χ3v) is 4.43. The maximum atomic E-state index is 13.3. The van der Waals surface area contributed by atoms with Gasteiger partial charge in [-0.25, -0.2) is 4.39 Å². The number of pyridine rings is 2. The van der Waals surface area contributed by atoms with Crippen LogP contribution in [0.2, 0.25) is 0 Å². The fraction of sp³-hybridized carbons (Fsp3) is 0.0455. The smallest absolute Gasteiger partial charge is 0.294 e. The average molecular weight is 373 g/mol. The van der Waals surface area contributed by atoms with Gasteiger partial charge in [-0.05, 0) is 47.5 Å². The summed E-state index contributed by atoms with van der Waals surface area (Å²) in [5.74, 6) is -1.74. The Labute approximate surface area is 160 Å². The minimum Gasteiger partial charge on any atom is -0.345 e. The Morgan fingerprint density at radius 1 is 1.04 bits per heavy atom. The van der Waals surface area contributed by atoms with Crippen molar-refractivity contribution in [3.8, 4) is 11.1 Å². The zero-order chi connectivity index (χ0) is 19.5. The summed E-state index contributed by atoms with van der Waals surface area (Å²) >= 11 is 0. The molecule has 28 heavy (non-hydrogen) atoms.